The normalized spacial score (nSPS) is 18.3. The lowest BCUT2D eigenvalue weighted by Gasteiger charge is -2.25. The largest absolute Gasteiger partial charge is 0.384 e. The number of carbonyl (C=O) groups is 1. The van der Waals surface area contributed by atoms with Gasteiger partial charge in [-0.25, -0.2) is 9.97 Å². The molecule has 6 nitrogen and oxygen atoms in total. The molecule has 1 aliphatic rings. The van der Waals surface area contributed by atoms with Gasteiger partial charge in [-0.3, -0.25) is 9.69 Å². The van der Waals surface area contributed by atoms with Crippen LogP contribution in [0, 0.1) is 5.92 Å². The van der Waals surface area contributed by atoms with Crippen LogP contribution in [0.3, 0.4) is 0 Å². The van der Waals surface area contributed by atoms with Gasteiger partial charge in [0.25, 0.3) is 0 Å². The lowest BCUT2D eigenvalue weighted by molar-refractivity contribution is -0.134. The Labute approximate surface area is 155 Å². The molecule has 1 aliphatic heterocycles. The first-order chi connectivity index (χ1) is 12.5. The van der Waals surface area contributed by atoms with Crippen molar-refractivity contribution in [2.45, 2.75) is 32.4 Å². The van der Waals surface area contributed by atoms with Crippen molar-refractivity contribution in [3.05, 3.63) is 54.0 Å². The molecular formula is C20H27N5O. The van der Waals surface area contributed by atoms with E-state index in [0.29, 0.717) is 18.4 Å². The number of nitrogens with zero attached hydrogens (tertiary/aromatic N) is 4. The molecule has 2 heterocycles. The molecule has 0 bridgehead atoms. The zero-order valence-electron chi connectivity index (χ0n) is 15.5. The van der Waals surface area contributed by atoms with Crippen LogP contribution in [0.15, 0.2) is 42.6 Å². The van der Waals surface area contributed by atoms with E-state index in [9.17, 15) is 4.79 Å². The lowest BCUT2D eigenvalue weighted by Crippen LogP contribution is -2.38. The summed E-state index contributed by atoms with van der Waals surface area (Å²) in [6.07, 6.45) is 3.44. The smallest absolute Gasteiger partial charge is 0.225 e. The van der Waals surface area contributed by atoms with Gasteiger partial charge in [0, 0.05) is 31.2 Å². The number of anilines is 1. The van der Waals surface area contributed by atoms with Crippen molar-refractivity contribution in [1.29, 1.82) is 0 Å². The average molecular weight is 353 g/mol. The Balaban J connectivity index is 1.53. The molecule has 1 fully saturated rings. The van der Waals surface area contributed by atoms with E-state index in [0.717, 1.165) is 31.8 Å². The standard InChI is InChI=1S/C20H27N5O/c1-15(12-16-6-4-3-5-7-16)20(26)25-11-9-17(13-25)24(2)14-19-22-10-8-18(21)23-19/h3-8,10,15,17H,9,11-14H2,1-2H3,(H2,21,22,23)/t15-,17-/m0/s1. The van der Waals surface area contributed by atoms with Gasteiger partial charge in [0.2, 0.25) is 5.91 Å². The van der Waals surface area contributed by atoms with Gasteiger partial charge in [0.1, 0.15) is 11.6 Å². The molecule has 0 unspecified atom stereocenters. The Morgan fingerprint density at radius 1 is 1.35 bits per heavy atom. The third-order valence-corrected chi connectivity index (χ3v) is 5.02. The summed E-state index contributed by atoms with van der Waals surface area (Å²) in [7, 11) is 2.05. The van der Waals surface area contributed by atoms with E-state index in [2.05, 4.69) is 34.0 Å². The molecule has 0 spiro atoms. The number of carbonyl (C=O) groups excluding carboxylic acids is 1. The first-order valence-corrected chi connectivity index (χ1v) is 9.13. The fraction of sp³-hybridized carbons (Fsp3) is 0.450. The van der Waals surface area contributed by atoms with Gasteiger partial charge in [-0.15, -0.1) is 0 Å². The first kappa shape index (κ1) is 18.3. The highest BCUT2D eigenvalue weighted by molar-refractivity contribution is 5.79. The molecule has 2 atom stereocenters. The first-order valence-electron chi connectivity index (χ1n) is 9.13. The van der Waals surface area contributed by atoms with Crippen LogP contribution in [0.4, 0.5) is 5.82 Å². The highest BCUT2D eigenvalue weighted by atomic mass is 16.2. The molecule has 26 heavy (non-hydrogen) atoms. The van der Waals surface area contributed by atoms with Crippen molar-refractivity contribution in [3.8, 4) is 0 Å². The number of likely N-dealkylation sites (tertiary alicyclic amines) is 1. The number of aromatic nitrogens is 2. The molecule has 2 N–H and O–H groups in total. The van der Waals surface area contributed by atoms with Gasteiger partial charge >= 0.3 is 0 Å². The quantitative estimate of drug-likeness (QED) is 0.859. The number of rotatable bonds is 6. The maximum atomic E-state index is 12.8. The molecule has 6 heteroatoms. The zero-order valence-corrected chi connectivity index (χ0v) is 15.5. The summed E-state index contributed by atoms with van der Waals surface area (Å²) >= 11 is 0. The minimum Gasteiger partial charge on any atom is -0.384 e. The van der Waals surface area contributed by atoms with Crippen molar-refractivity contribution in [2.24, 2.45) is 5.92 Å². The van der Waals surface area contributed by atoms with Gasteiger partial charge in [-0.1, -0.05) is 37.3 Å². The number of amides is 1. The Kier molecular flexibility index (Phi) is 5.83. The fourth-order valence-corrected chi connectivity index (χ4v) is 3.51. The molecule has 0 saturated carbocycles. The van der Waals surface area contributed by atoms with Crippen molar-refractivity contribution in [2.75, 3.05) is 25.9 Å². The van der Waals surface area contributed by atoms with Crippen molar-refractivity contribution in [3.63, 3.8) is 0 Å². The average Bonchev–Trinajstić information content (AvgIpc) is 3.12. The monoisotopic (exact) mass is 353 g/mol. The number of nitrogens with two attached hydrogens (primary N) is 1. The summed E-state index contributed by atoms with van der Waals surface area (Å²) in [6.45, 7) is 4.23. The summed E-state index contributed by atoms with van der Waals surface area (Å²) in [5.41, 5.74) is 6.93. The molecule has 0 aliphatic carbocycles. The Morgan fingerprint density at radius 2 is 2.12 bits per heavy atom. The van der Waals surface area contributed by atoms with Crippen LogP contribution in [0.1, 0.15) is 24.7 Å². The third-order valence-electron chi connectivity index (χ3n) is 5.02. The van der Waals surface area contributed by atoms with Crippen LogP contribution in [0.2, 0.25) is 0 Å². The van der Waals surface area contributed by atoms with E-state index in [1.807, 2.05) is 30.0 Å². The number of likely N-dealkylation sites (N-methyl/N-ethyl adjacent to an activating group) is 1. The lowest BCUT2D eigenvalue weighted by atomic mass is 10.00. The molecular weight excluding hydrogens is 326 g/mol. The van der Waals surface area contributed by atoms with Gasteiger partial charge in [-0.05, 0) is 31.5 Å². The van der Waals surface area contributed by atoms with Gasteiger partial charge in [0.05, 0.1) is 6.54 Å². The van der Waals surface area contributed by atoms with E-state index in [-0.39, 0.29) is 11.8 Å². The third kappa shape index (κ3) is 4.58. The predicted molar refractivity (Wildman–Crippen MR) is 102 cm³/mol. The Bertz CT molecular complexity index is 736. The molecule has 1 aromatic carbocycles. The minimum atomic E-state index is -0.00119. The van der Waals surface area contributed by atoms with Crippen LogP contribution in [-0.4, -0.2) is 51.9 Å². The zero-order chi connectivity index (χ0) is 18.5. The Hall–Kier alpha value is -2.47. The second-order valence-electron chi connectivity index (χ2n) is 7.13. The van der Waals surface area contributed by atoms with Crippen LogP contribution < -0.4 is 5.73 Å². The van der Waals surface area contributed by atoms with Crippen molar-refractivity contribution in [1.82, 2.24) is 19.8 Å². The van der Waals surface area contributed by atoms with E-state index < -0.39 is 0 Å². The van der Waals surface area contributed by atoms with Crippen molar-refractivity contribution < 1.29 is 4.79 Å². The highest BCUT2D eigenvalue weighted by Crippen LogP contribution is 2.20. The highest BCUT2D eigenvalue weighted by Gasteiger charge is 2.31. The van der Waals surface area contributed by atoms with Crippen LogP contribution in [0.25, 0.3) is 0 Å². The van der Waals surface area contributed by atoms with E-state index in [1.165, 1.54) is 5.56 Å². The number of hydrogen-bond donors (Lipinski definition) is 1. The predicted octanol–water partition coefficient (Wildman–Crippen LogP) is 1.97. The van der Waals surface area contributed by atoms with E-state index in [1.54, 1.807) is 12.3 Å². The second kappa shape index (κ2) is 8.27. The topological polar surface area (TPSA) is 75.4 Å². The molecule has 138 valence electrons. The maximum Gasteiger partial charge on any atom is 0.225 e. The number of nitrogen functional groups attached to an aromatic ring is 1. The van der Waals surface area contributed by atoms with Gasteiger partial charge in [0.15, 0.2) is 0 Å². The van der Waals surface area contributed by atoms with Crippen molar-refractivity contribution >= 4 is 11.7 Å². The minimum absolute atomic E-state index is 0.00119. The summed E-state index contributed by atoms with van der Waals surface area (Å²) in [6, 6.07) is 12.2. The molecule has 1 amide bonds. The van der Waals surface area contributed by atoms with Crippen LogP contribution in [-0.2, 0) is 17.8 Å². The SMILES string of the molecule is C[C@@H](Cc1ccccc1)C(=O)N1CC[C@H](N(C)Cc2nccc(N)n2)C1. The van der Waals surface area contributed by atoms with Crippen LogP contribution in [0.5, 0.6) is 0 Å². The Morgan fingerprint density at radius 3 is 2.85 bits per heavy atom. The fourth-order valence-electron chi connectivity index (χ4n) is 3.51. The molecule has 0 radical (unpaired) electrons. The van der Waals surface area contributed by atoms with E-state index >= 15 is 0 Å². The van der Waals surface area contributed by atoms with Crippen LogP contribution >= 0.6 is 0 Å². The molecule has 3 rings (SSSR count). The van der Waals surface area contributed by atoms with E-state index in [4.69, 9.17) is 5.73 Å². The molecule has 1 saturated heterocycles. The maximum absolute atomic E-state index is 12.8. The van der Waals surface area contributed by atoms with Gasteiger partial charge in [-0.2, -0.15) is 0 Å². The summed E-state index contributed by atoms with van der Waals surface area (Å²) in [5.74, 6) is 1.44. The van der Waals surface area contributed by atoms with Gasteiger partial charge < -0.3 is 10.6 Å². The summed E-state index contributed by atoms with van der Waals surface area (Å²) in [5, 5.41) is 0. The number of hydrogen-bond acceptors (Lipinski definition) is 5. The summed E-state index contributed by atoms with van der Waals surface area (Å²) < 4.78 is 0. The number of benzene rings is 1. The second-order valence-corrected chi connectivity index (χ2v) is 7.13. The summed E-state index contributed by atoms with van der Waals surface area (Å²) in [4.78, 5) is 25.5. The molecule has 2 aromatic rings. The molecule has 1 aromatic heterocycles.